The van der Waals surface area contributed by atoms with Crippen LogP contribution in [-0.4, -0.2) is 22.9 Å². The number of hydrogen-bond donors (Lipinski definition) is 1. The quantitative estimate of drug-likeness (QED) is 0.155. The third kappa shape index (κ3) is 6.32. The maximum atomic E-state index is 12.2. The summed E-state index contributed by atoms with van der Waals surface area (Å²) in [5, 5.41) is 4.77. The number of thioether (sulfide) groups is 1. The van der Waals surface area contributed by atoms with E-state index >= 15 is 0 Å². The van der Waals surface area contributed by atoms with Gasteiger partial charge in [0, 0.05) is 15.1 Å². The molecule has 0 unspecified atom stereocenters. The Morgan fingerprint density at radius 3 is 2.81 bits per heavy atom. The zero-order valence-corrected chi connectivity index (χ0v) is 20.6. The van der Waals surface area contributed by atoms with Crippen LogP contribution in [0.1, 0.15) is 11.1 Å². The molecular weight excluding hydrogens is 530 g/mol. The van der Waals surface area contributed by atoms with Gasteiger partial charge in [0.05, 0.1) is 22.2 Å². The molecule has 0 aliphatic rings. The number of halogens is 2. The van der Waals surface area contributed by atoms with Crippen LogP contribution >= 0.6 is 50.6 Å². The molecule has 9 heteroatoms. The van der Waals surface area contributed by atoms with Crippen molar-refractivity contribution in [2.75, 3.05) is 5.75 Å². The molecule has 0 fully saturated rings. The van der Waals surface area contributed by atoms with Crippen molar-refractivity contribution in [3.05, 3.63) is 87.4 Å². The standard InChI is InChI=1S/C23H17BrClN3O2S2/c24-17-7-10-20(30-13-15-5-8-18(25)9-6-15)16(11-17)12-26-28-22(29)14-31-23-27-19-3-1-2-4-21(19)32-23/h1-12H,13-14H2,(H,28,29)/b26-12-. The van der Waals surface area contributed by atoms with E-state index in [0.717, 1.165) is 30.2 Å². The molecule has 0 aliphatic carbocycles. The van der Waals surface area contributed by atoms with Crippen molar-refractivity contribution in [3.8, 4) is 5.75 Å². The lowest BCUT2D eigenvalue weighted by Gasteiger charge is -2.10. The summed E-state index contributed by atoms with van der Waals surface area (Å²) in [6, 6.07) is 21.0. The molecule has 0 saturated carbocycles. The Labute approximate surface area is 207 Å². The van der Waals surface area contributed by atoms with Crippen LogP contribution in [0.15, 0.2) is 80.6 Å². The third-order valence-corrected chi connectivity index (χ3v) is 7.20. The first-order valence-corrected chi connectivity index (χ1v) is 12.5. The number of benzene rings is 3. The molecule has 1 aromatic heterocycles. The Kier molecular flexibility index (Phi) is 7.81. The number of thiazole rings is 1. The van der Waals surface area contributed by atoms with Gasteiger partial charge in [-0.05, 0) is 48.0 Å². The minimum atomic E-state index is -0.205. The van der Waals surface area contributed by atoms with Gasteiger partial charge in [-0.1, -0.05) is 63.6 Å². The zero-order valence-electron chi connectivity index (χ0n) is 16.6. The maximum Gasteiger partial charge on any atom is 0.250 e. The van der Waals surface area contributed by atoms with E-state index in [9.17, 15) is 4.79 Å². The molecule has 0 bridgehead atoms. The average Bonchev–Trinajstić information content (AvgIpc) is 3.21. The fourth-order valence-electron chi connectivity index (χ4n) is 2.74. The van der Waals surface area contributed by atoms with Crippen LogP contribution < -0.4 is 10.2 Å². The van der Waals surface area contributed by atoms with Gasteiger partial charge in [0.25, 0.3) is 5.91 Å². The van der Waals surface area contributed by atoms with Crippen molar-refractivity contribution >= 4 is 73.0 Å². The zero-order chi connectivity index (χ0) is 22.3. The second-order valence-corrected chi connectivity index (χ2v) is 10.2. The van der Waals surface area contributed by atoms with E-state index in [-0.39, 0.29) is 11.7 Å². The molecule has 0 radical (unpaired) electrons. The van der Waals surface area contributed by atoms with Gasteiger partial charge < -0.3 is 4.74 Å². The number of rotatable bonds is 8. The smallest absolute Gasteiger partial charge is 0.250 e. The molecule has 1 amide bonds. The van der Waals surface area contributed by atoms with Gasteiger partial charge in [-0.2, -0.15) is 5.10 Å². The summed E-state index contributed by atoms with van der Waals surface area (Å²) in [6.45, 7) is 0.394. The van der Waals surface area contributed by atoms with E-state index in [1.807, 2.05) is 66.7 Å². The van der Waals surface area contributed by atoms with E-state index in [1.54, 1.807) is 17.6 Å². The van der Waals surface area contributed by atoms with Crippen molar-refractivity contribution < 1.29 is 9.53 Å². The van der Waals surface area contributed by atoms with Crippen molar-refractivity contribution in [2.45, 2.75) is 10.9 Å². The molecule has 0 spiro atoms. The second kappa shape index (κ2) is 11.0. The molecule has 0 aliphatic heterocycles. The normalized spacial score (nSPS) is 11.2. The molecule has 32 heavy (non-hydrogen) atoms. The summed E-state index contributed by atoms with van der Waals surface area (Å²) in [5.41, 5.74) is 5.25. The fourth-order valence-corrected chi connectivity index (χ4v) is 5.11. The van der Waals surface area contributed by atoms with Crippen LogP contribution in [-0.2, 0) is 11.4 Å². The molecule has 0 saturated heterocycles. The minimum absolute atomic E-state index is 0.205. The van der Waals surface area contributed by atoms with Crippen LogP contribution in [0.3, 0.4) is 0 Å². The predicted octanol–water partition coefficient (Wildman–Crippen LogP) is 6.53. The summed E-state index contributed by atoms with van der Waals surface area (Å²) in [6.07, 6.45) is 1.57. The first-order chi connectivity index (χ1) is 15.6. The number of para-hydroxylation sites is 1. The number of amides is 1. The molecule has 1 heterocycles. The Bertz CT molecular complexity index is 1230. The van der Waals surface area contributed by atoms with E-state index in [2.05, 4.69) is 31.4 Å². The van der Waals surface area contributed by atoms with Crippen LogP contribution in [0.25, 0.3) is 10.2 Å². The van der Waals surface area contributed by atoms with Crippen LogP contribution in [0, 0.1) is 0 Å². The molecule has 4 rings (SSSR count). The third-order valence-electron chi connectivity index (χ3n) is 4.27. The number of ether oxygens (including phenoxy) is 1. The summed E-state index contributed by atoms with van der Waals surface area (Å²) >= 11 is 12.4. The van der Waals surface area contributed by atoms with Crippen LogP contribution in [0.4, 0.5) is 0 Å². The topological polar surface area (TPSA) is 63.6 Å². The molecule has 0 atom stereocenters. The van der Waals surface area contributed by atoms with Gasteiger partial charge in [-0.15, -0.1) is 11.3 Å². The highest BCUT2D eigenvalue weighted by atomic mass is 79.9. The van der Waals surface area contributed by atoms with Crippen molar-refractivity contribution in [2.24, 2.45) is 5.10 Å². The molecular formula is C23H17BrClN3O2S2. The first-order valence-electron chi connectivity index (χ1n) is 9.54. The number of hydrogen-bond acceptors (Lipinski definition) is 6. The van der Waals surface area contributed by atoms with Crippen molar-refractivity contribution in [3.63, 3.8) is 0 Å². The van der Waals surface area contributed by atoms with Crippen LogP contribution in [0.2, 0.25) is 5.02 Å². The van der Waals surface area contributed by atoms with Crippen molar-refractivity contribution in [1.82, 2.24) is 10.4 Å². The fraction of sp³-hybridized carbons (Fsp3) is 0.0870. The summed E-state index contributed by atoms with van der Waals surface area (Å²) in [4.78, 5) is 16.7. The Morgan fingerprint density at radius 1 is 1.19 bits per heavy atom. The molecule has 162 valence electrons. The van der Waals surface area contributed by atoms with E-state index in [0.29, 0.717) is 17.4 Å². The van der Waals surface area contributed by atoms with Gasteiger partial charge >= 0.3 is 0 Å². The Balaban J connectivity index is 1.33. The maximum absolute atomic E-state index is 12.2. The number of nitrogens with one attached hydrogen (secondary N) is 1. The Morgan fingerprint density at radius 2 is 2.00 bits per heavy atom. The van der Waals surface area contributed by atoms with E-state index in [4.69, 9.17) is 16.3 Å². The van der Waals surface area contributed by atoms with Gasteiger partial charge in [0.2, 0.25) is 0 Å². The largest absolute Gasteiger partial charge is 0.488 e. The Hall–Kier alpha value is -2.39. The highest BCUT2D eigenvalue weighted by Gasteiger charge is 2.08. The summed E-state index contributed by atoms with van der Waals surface area (Å²) in [7, 11) is 0. The number of carbonyl (C=O) groups is 1. The highest BCUT2D eigenvalue weighted by Crippen LogP contribution is 2.29. The lowest BCUT2D eigenvalue weighted by atomic mass is 10.2. The highest BCUT2D eigenvalue weighted by molar-refractivity contribution is 9.10. The van der Waals surface area contributed by atoms with Gasteiger partial charge in [-0.3, -0.25) is 4.79 Å². The SMILES string of the molecule is O=C(CSc1nc2ccccc2s1)N/N=C\c1cc(Br)ccc1OCc1ccc(Cl)cc1. The summed E-state index contributed by atoms with van der Waals surface area (Å²) < 4.78 is 8.78. The van der Waals surface area contributed by atoms with Gasteiger partial charge in [0.15, 0.2) is 4.34 Å². The van der Waals surface area contributed by atoms with Crippen molar-refractivity contribution in [1.29, 1.82) is 0 Å². The first kappa shape index (κ1) is 22.8. The monoisotopic (exact) mass is 545 g/mol. The second-order valence-electron chi connectivity index (χ2n) is 6.63. The van der Waals surface area contributed by atoms with Gasteiger partial charge in [0.1, 0.15) is 12.4 Å². The summed E-state index contributed by atoms with van der Waals surface area (Å²) in [5.74, 6) is 0.685. The number of aromatic nitrogens is 1. The molecule has 4 aromatic rings. The number of carbonyl (C=O) groups excluding carboxylic acids is 1. The lowest BCUT2D eigenvalue weighted by Crippen LogP contribution is -2.19. The molecule has 1 N–H and O–H groups in total. The lowest BCUT2D eigenvalue weighted by molar-refractivity contribution is -0.118. The molecule has 3 aromatic carbocycles. The number of hydrazone groups is 1. The molecule has 5 nitrogen and oxygen atoms in total. The van der Waals surface area contributed by atoms with Crippen LogP contribution in [0.5, 0.6) is 5.75 Å². The average molecular weight is 547 g/mol. The number of nitrogens with zero attached hydrogens (tertiary/aromatic N) is 2. The van der Waals surface area contributed by atoms with E-state index < -0.39 is 0 Å². The van der Waals surface area contributed by atoms with E-state index in [1.165, 1.54) is 11.8 Å². The minimum Gasteiger partial charge on any atom is -0.488 e. The number of fused-ring (bicyclic) bond motifs is 1. The predicted molar refractivity (Wildman–Crippen MR) is 136 cm³/mol. The van der Waals surface area contributed by atoms with Gasteiger partial charge in [-0.25, -0.2) is 10.4 Å².